The van der Waals surface area contributed by atoms with Crippen LogP contribution in [0.25, 0.3) is 22.1 Å². The van der Waals surface area contributed by atoms with E-state index in [4.69, 9.17) is 0 Å². The van der Waals surface area contributed by atoms with E-state index in [1.54, 1.807) is 6.33 Å². The van der Waals surface area contributed by atoms with Gasteiger partial charge in [0, 0.05) is 49.0 Å². The highest BCUT2D eigenvalue weighted by Gasteiger charge is 2.35. The molecule has 1 aliphatic heterocycles. The number of likely N-dealkylation sites (tertiary alicyclic amines) is 1. The van der Waals surface area contributed by atoms with Crippen LogP contribution in [-0.4, -0.2) is 43.4 Å². The SMILES string of the molecule is Cn1ccc2cc(C(=O)N3CCC(C)(c4ccnc5[nH]cnc45)CC3)ccc21. The lowest BCUT2D eigenvalue weighted by Gasteiger charge is -2.39. The van der Waals surface area contributed by atoms with E-state index < -0.39 is 0 Å². The molecule has 6 heteroatoms. The molecule has 1 aromatic carbocycles. The largest absolute Gasteiger partial charge is 0.351 e. The van der Waals surface area contributed by atoms with E-state index in [2.05, 4.69) is 38.6 Å². The van der Waals surface area contributed by atoms with Crippen LogP contribution in [-0.2, 0) is 12.5 Å². The molecule has 3 aromatic heterocycles. The van der Waals surface area contributed by atoms with Gasteiger partial charge in [-0.1, -0.05) is 6.92 Å². The second-order valence-electron chi connectivity index (χ2n) is 8.01. The number of aryl methyl sites for hydroxylation is 1. The number of nitrogens with zero attached hydrogens (tertiary/aromatic N) is 4. The number of piperidine rings is 1. The Labute approximate surface area is 163 Å². The third-order valence-electron chi connectivity index (χ3n) is 6.26. The van der Waals surface area contributed by atoms with Gasteiger partial charge in [-0.25, -0.2) is 9.97 Å². The van der Waals surface area contributed by atoms with Crippen molar-refractivity contribution in [3.8, 4) is 0 Å². The quantitative estimate of drug-likeness (QED) is 0.583. The molecule has 0 spiro atoms. The van der Waals surface area contributed by atoms with Crippen molar-refractivity contribution in [3.63, 3.8) is 0 Å². The number of hydrogen-bond donors (Lipinski definition) is 1. The lowest BCUT2D eigenvalue weighted by atomic mass is 9.74. The third-order valence-corrected chi connectivity index (χ3v) is 6.26. The Morgan fingerprint density at radius 2 is 1.96 bits per heavy atom. The minimum atomic E-state index is -0.00342. The van der Waals surface area contributed by atoms with Crippen molar-refractivity contribution >= 4 is 28.0 Å². The Hall–Kier alpha value is -3.15. The van der Waals surface area contributed by atoms with E-state index in [0.717, 1.165) is 53.6 Å². The minimum Gasteiger partial charge on any atom is -0.351 e. The van der Waals surface area contributed by atoms with Crippen molar-refractivity contribution in [1.82, 2.24) is 24.4 Å². The Kier molecular flexibility index (Phi) is 3.75. The summed E-state index contributed by atoms with van der Waals surface area (Å²) in [5, 5.41) is 1.10. The van der Waals surface area contributed by atoms with Crippen molar-refractivity contribution in [3.05, 3.63) is 60.2 Å². The number of pyridine rings is 1. The molecule has 4 heterocycles. The molecule has 1 N–H and O–H groups in total. The second-order valence-corrected chi connectivity index (χ2v) is 8.01. The highest BCUT2D eigenvalue weighted by molar-refractivity contribution is 5.98. The average Bonchev–Trinajstić information content (AvgIpc) is 3.34. The number of amides is 1. The standard InChI is InChI=1S/C22H23N5O/c1-22(17-5-9-23-20-19(17)24-14-25-20)7-11-27(12-8-22)21(28)16-3-4-18-15(13-16)6-10-26(18)2/h3-6,9-10,13-14H,7-8,11-12H2,1-2H3,(H,23,24,25). The van der Waals surface area contributed by atoms with Crippen molar-refractivity contribution in [2.75, 3.05) is 13.1 Å². The molecule has 1 amide bonds. The van der Waals surface area contributed by atoms with Crippen LogP contribution in [0.3, 0.4) is 0 Å². The summed E-state index contributed by atoms with van der Waals surface area (Å²) in [6.07, 6.45) is 7.39. The summed E-state index contributed by atoms with van der Waals surface area (Å²) in [6.45, 7) is 3.76. The van der Waals surface area contributed by atoms with Crippen molar-refractivity contribution in [2.45, 2.75) is 25.2 Å². The molecule has 6 nitrogen and oxygen atoms in total. The Balaban J connectivity index is 1.37. The molecule has 1 saturated heterocycles. The second kappa shape index (κ2) is 6.19. The maximum atomic E-state index is 13.1. The zero-order chi connectivity index (χ0) is 19.3. The van der Waals surface area contributed by atoms with E-state index in [0.29, 0.717) is 0 Å². The number of rotatable bonds is 2. The van der Waals surface area contributed by atoms with Crippen LogP contribution >= 0.6 is 0 Å². The molecule has 0 unspecified atom stereocenters. The number of nitrogens with one attached hydrogen (secondary N) is 1. The maximum Gasteiger partial charge on any atom is 0.253 e. The smallest absolute Gasteiger partial charge is 0.253 e. The van der Waals surface area contributed by atoms with Gasteiger partial charge in [0.1, 0.15) is 5.52 Å². The van der Waals surface area contributed by atoms with Crippen LogP contribution < -0.4 is 0 Å². The normalized spacial score (nSPS) is 16.7. The van der Waals surface area contributed by atoms with Crippen LogP contribution in [0.1, 0.15) is 35.7 Å². The van der Waals surface area contributed by atoms with E-state index in [-0.39, 0.29) is 11.3 Å². The van der Waals surface area contributed by atoms with Gasteiger partial charge < -0.3 is 14.5 Å². The van der Waals surface area contributed by atoms with Gasteiger partial charge in [0.2, 0.25) is 0 Å². The first-order chi connectivity index (χ1) is 13.5. The number of aromatic nitrogens is 4. The number of hydrogen-bond acceptors (Lipinski definition) is 3. The number of imidazole rings is 1. The molecule has 0 saturated carbocycles. The van der Waals surface area contributed by atoms with Gasteiger partial charge in [0.25, 0.3) is 5.91 Å². The first-order valence-electron chi connectivity index (χ1n) is 9.68. The fourth-order valence-electron chi connectivity index (χ4n) is 4.41. The third kappa shape index (κ3) is 2.59. The van der Waals surface area contributed by atoms with Crippen LogP contribution in [0, 0.1) is 0 Å². The predicted molar refractivity (Wildman–Crippen MR) is 109 cm³/mol. The highest BCUT2D eigenvalue weighted by atomic mass is 16.2. The zero-order valence-corrected chi connectivity index (χ0v) is 16.1. The lowest BCUT2D eigenvalue weighted by Crippen LogP contribution is -2.44. The Bertz CT molecular complexity index is 1180. The topological polar surface area (TPSA) is 66.8 Å². The van der Waals surface area contributed by atoms with Crippen LogP contribution in [0.15, 0.2) is 49.1 Å². The van der Waals surface area contributed by atoms with Crippen molar-refractivity contribution in [1.29, 1.82) is 0 Å². The minimum absolute atomic E-state index is 0.00342. The van der Waals surface area contributed by atoms with Crippen LogP contribution in [0.5, 0.6) is 0 Å². The number of carbonyl (C=O) groups is 1. The number of carbonyl (C=O) groups excluding carboxylic acids is 1. The molecule has 4 aromatic rings. The molecule has 0 bridgehead atoms. The van der Waals surface area contributed by atoms with Crippen LogP contribution in [0.2, 0.25) is 0 Å². The summed E-state index contributed by atoms with van der Waals surface area (Å²) in [7, 11) is 2.02. The summed E-state index contributed by atoms with van der Waals surface area (Å²) < 4.78 is 2.07. The van der Waals surface area contributed by atoms with E-state index in [1.807, 2.05) is 42.5 Å². The molecule has 142 valence electrons. The molecule has 0 radical (unpaired) electrons. The summed E-state index contributed by atoms with van der Waals surface area (Å²) in [6, 6.07) is 10.1. The summed E-state index contributed by atoms with van der Waals surface area (Å²) in [5.41, 5.74) is 4.89. The summed E-state index contributed by atoms with van der Waals surface area (Å²) in [4.78, 5) is 27.0. The number of benzene rings is 1. The Morgan fingerprint density at radius 3 is 2.79 bits per heavy atom. The van der Waals surface area contributed by atoms with Gasteiger partial charge in [-0.15, -0.1) is 0 Å². The van der Waals surface area contributed by atoms with Gasteiger partial charge in [0.05, 0.1) is 6.33 Å². The van der Waals surface area contributed by atoms with Gasteiger partial charge in [-0.3, -0.25) is 4.79 Å². The maximum absolute atomic E-state index is 13.1. The summed E-state index contributed by atoms with van der Waals surface area (Å²) in [5.74, 6) is 0.118. The first kappa shape index (κ1) is 17.0. The zero-order valence-electron chi connectivity index (χ0n) is 16.1. The van der Waals surface area contributed by atoms with Gasteiger partial charge in [-0.05, 0) is 54.2 Å². The summed E-state index contributed by atoms with van der Waals surface area (Å²) >= 11 is 0. The molecule has 0 atom stereocenters. The number of H-pyrrole nitrogens is 1. The molecular weight excluding hydrogens is 350 g/mol. The van der Waals surface area contributed by atoms with E-state index >= 15 is 0 Å². The molecule has 0 aliphatic carbocycles. The Morgan fingerprint density at radius 1 is 1.14 bits per heavy atom. The van der Waals surface area contributed by atoms with Crippen molar-refractivity contribution in [2.24, 2.45) is 7.05 Å². The fourth-order valence-corrected chi connectivity index (χ4v) is 4.41. The molecule has 28 heavy (non-hydrogen) atoms. The van der Waals surface area contributed by atoms with E-state index in [9.17, 15) is 4.79 Å². The van der Waals surface area contributed by atoms with Gasteiger partial charge in [0.15, 0.2) is 5.65 Å². The first-order valence-corrected chi connectivity index (χ1v) is 9.68. The van der Waals surface area contributed by atoms with Crippen LogP contribution in [0.4, 0.5) is 0 Å². The predicted octanol–water partition coefficient (Wildman–Crippen LogP) is 3.64. The van der Waals surface area contributed by atoms with E-state index in [1.165, 1.54) is 5.56 Å². The molecule has 1 aliphatic rings. The monoisotopic (exact) mass is 373 g/mol. The lowest BCUT2D eigenvalue weighted by molar-refractivity contribution is 0.0677. The van der Waals surface area contributed by atoms with Gasteiger partial charge >= 0.3 is 0 Å². The van der Waals surface area contributed by atoms with Gasteiger partial charge in [-0.2, -0.15) is 0 Å². The molecule has 1 fully saturated rings. The highest BCUT2D eigenvalue weighted by Crippen LogP contribution is 2.37. The average molecular weight is 373 g/mol. The number of aromatic amines is 1. The fraction of sp³-hybridized carbons (Fsp3) is 0.318. The number of fused-ring (bicyclic) bond motifs is 2. The van der Waals surface area contributed by atoms with Crippen molar-refractivity contribution < 1.29 is 4.79 Å². The molecular formula is C22H23N5O. The molecule has 5 rings (SSSR count).